The molecule has 0 aliphatic heterocycles. The van der Waals surface area contributed by atoms with Gasteiger partial charge in [-0.15, -0.1) is 0 Å². The van der Waals surface area contributed by atoms with E-state index in [2.05, 4.69) is 30.9 Å². The molecule has 0 amide bonds. The minimum atomic E-state index is -0.122. The molecule has 0 spiro atoms. The Kier molecular flexibility index (Phi) is 26.1. The van der Waals surface area contributed by atoms with Gasteiger partial charge in [0.15, 0.2) is 11.5 Å². The van der Waals surface area contributed by atoms with Crippen molar-refractivity contribution in [1.82, 2.24) is 0 Å². The van der Waals surface area contributed by atoms with Crippen LogP contribution in [0, 0.1) is 20.8 Å². The number of aromatic hydroxyl groups is 7. The highest BCUT2D eigenvalue weighted by Gasteiger charge is 2.03. The zero-order chi connectivity index (χ0) is 51.0. The van der Waals surface area contributed by atoms with Gasteiger partial charge in [0.05, 0.1) is 44.4 Å². The molecule has 0 aromatic heterocycles. The van der Waals surface area contributed by atoms with Crippen molar-refractivity contribution < 1.29 is 71.7 Å². The van der Waals surface area contributed by atoms with Gasteiger partial charge < -0.3 is 71.7 Å². The zero-order valence-electron chi connectivity index (χ0n) is 37.5. The van der Waals surface area contributed by atoms with Crippen molar-refractivity contribution in [2.75, 3.05) is 7.11 Å². The maximum atomic E-state index is 9.39. The van der Waals surface area contributed by atoms with Crippen molar-refractivity contribution >= 4 is 37.3 Å². The van der Waals surface area contributed by atoms with Gasteiger partial charge in [0, 0.05) is 17.2 Å². The van der Waals surface area contributed by atoms with Gasteiger partial charge in [0.25, 0.3) is 0 Å². The van der Waals surface area contributed by atoms with Crippen LogP contribution < -0.4 is 4.74 Å². The molecule has 20 heteroatoms. The number of phenols is 7. The second-order valence-corrected chi connectivity index (χ2v) is 13.5. The van der Waals surface area contributed by atoms with Crippen molar-refractivity contribution in [2.45, 2.75) is 34.1 Å². The number of phenolic OH excluding ortho intramolecular Hbond substituents is 7. The summed E-state index contributed by atoms with van der Waals surface area (Å²) in [7, 11) is 1.45. The van der Waals surface area contributed by atoms with E-state index in [0.29, 0.717) is 22.6 Å². The largest absolute Gasteiger partial charge is 0.508 e. The molecule has 0 bridgehead atoms. The van der Waals surface area contributed by atoms with E-state index < -0.39 is 0 Å². The Hall–Kier alpha value is -9.46. The van der Waals surface area contributed by atoms with Gasteiger partial charge >= 0.3 is 0 Å². The lowest BCUT2D eigenvalue weighted by molar-refractivity contribution is 0.321. The number of rotatable bonds is 8. The average Bonchev–Trinajstić information content (AvgIpc) is 3.31. The van der Waals surface area contributed by atoms with Crippen LogP contribution in [0.2, 0.25) is 0 Å². The van der Waals surface area contributed by atoms with Gasteiger partial charge in [-0.25, -0.2) is 0 Å². The lowest BCUT2D eigenvalue weighted by atomic mass is 10.1. The normalized spacial score (nSPS) is 10.6. The van der Waals surface area contributed by atoms with Crippen molar-refractivity contribution in [3.8, 4) is 46.0 Å². The molecule has 20 nitrogen and oxygen atoms in total. The molecule has 6 rings (SSSR count). The van der Waals surface area contributed by atoms with Gasteiger partial charge in [0.1, 0.15) is 34.5 Å². The van der Waals surface area contributed by atoms with Crippen molar-refractivity contribution in [3.63, 3.8) is 0 Å². The molecule has 6 aromatic carbocycles. The predicted octanol–water partition coefficient (Wildman–Crippen LogP) is 8.40. The lowest BCUT2D eigenvalue weighted by Gasteiger charge is -2.03. The maximum absolute atomic E-state index is 9.39. The van der Waals surface area contributed by atoms with Crippen LogP contribution in [0.1, 0.15) is 62.6 Å². The topological polar surface area (TPSA) is 346 Å². The predicted molar refractivity (Wildman–Crippen MR) is 257 cm³/mol. The molecule has 360 valence electrons. The van der Waals surface area contributed by atoms with Crippen LogP contribution in [0.25, 0.3) is 0 Å². The Morgan fingerprint density at radius 2 is 0.809 bits per heavy atom. The molecule has 0 saturated heterocycles. The SMILES string of the molecule is CCc1cc(/C=N\O)ccc1O.COc1cc(/C=N\O)ccc1O.Cc1cc(/C=N\O)cc(C)c1O.Cc1cc(/C=N\O)ccc1O.O/N=C\c1ccc(O)cc1.O/N=C\c1ccc(O)cc1O. The smallest absolute Gasteiger partial charge is 0.161 e. The minimum absolute atomic E-state index is 0.0300. The summed E-state index contributed by atoms with van der Waals surface area (Å²) in [5, 5.41) is 130. The molecule has 0 aliphatic carbocycles. The Bertz CT molecular complexity index is 2550. The van der Waals surface area contributed by atoms with E-state index in [9.17, 15) is 15.3 Å². The number of ether oxygens (including phenoxy) is 1. The number of methoxy groups -OCH3 is 1. The molecule has 0 radical (unpaired) electrons. The van der Waals surface area contributed by atoms with E-state index in [-0.39, 0.29) is 34.5 Å². The van der Waals surface area contributed by atoms with Crippen LogP contribution in [0.5, 0.6) is 46.0 Å². The summed E-state index contributed by atoms with van der Waals surface area (Å²) >= 11 is 0. The van der Waals surface area contributed by atoms with Crippen LogP contribution in [0.4, 0.5) is 0 Å². The van der Waals surface area contributed by atoms with Crippen LogP contribution in [0.15, 0.2) is 140 Å². The summed E-state index contributed by atoms with van der Waals surface area (Å²) in [5.41, 5.74) is 7.28. The summed E-state index contributed by atoms with van der Waals surface area (Å²) in [6.07, 6.45) is 8.36. The Morgan fingerprint density at radius 1 is 0.397 bits per heavy atom. The fourth-order valence-electron chi connectivity index (χ4n) is 5.16. The molecule has 0 atom stereocenters. The highest BCUT2D eigenvalue weighted by Crippen LogP contribution is 2.26. The molecule has 0 unspecified atom stereocenters. The van der Waals surface area contributed by atoms with Gasteiger partial charge in [-0.1, -0.05) is 37.9 Å². The lowest BCUT2D eigenvalue weighted by Crippen LogP contribution is -1.86. The van der Waals surface area contributed by atoms with Crippen molar-refractivity contribution in [1.29, 1.82) is 0 Å². The summed E-state index contributed by atoms with van der Waals surface area (Å²) < 4.78 is 4.84. The number of aryl methyl sites for hydroxylation is 4. The van der Waals surface area contributed by atoms with E-state index in [0.717, 1.165) is 63.2 Å². The van der Waals surface area contributed by atoms with Crippen LogP contribution in [-0.2, 0) is 6.42 Å². The number of nitrogens with zero attached hydrogens (tertiary/aromatic N) is 6. The monoisotopic (exact) mass is 938 g/mol. The fraction of sp³-hybridized carbons (Fsp3) is 0.125. The molecule has 0 aliphatic rings. The van der Waals surface area contributed by atoms with E-state index in [1.165, 1.54) is 68.5 Å². The standard InChI is InChI=1S/2C9H11NO2.C8H9NO3.C8H9NO2.C7H7NO3.C7H7NO2/c1-6-3-8(5-10-12)4-7(2)9(6)11;1-2-8-5-7(6-10-12)3-4-9(8)11;1-12-8-4-6(5-9-11)2-3-7(8)10;1-6-4-7(5-9-11)2-3-8(6)10;9-6-2-1-5(4-8-11)7(10)3-6;9-7-3-1-6(2-4-7)5-8-10/h3-5,11-12H,1-2H3;3-6,11-12H,2H2,1H3;2-5,10-11H,1H3;2-5,10-11H,1H3;1-4,9-11H;1-5,9-10H/b10-5-;10-6-;2*9-5-;8-4-;8-5-. The Labute approximate surface area is 391 Å². The molecular weight excluding hydrogens is 885 g/mol. The second kappa shape index (κ2) is 31.4. The Morgan fingerprint density at radius 3 is 1.28 bits per heavy atom. The number of benzene rings is 6. The third-order valence-electron chi connectivity index (χ3n) is 8.56. The van der Waals surface area contributed by atoms with Crippen molar-refractivity contribution in [3.05, 3.63) is 165 Å². The highest BCUT2D eigenvalue weighted by atomic mass is 16.5. The van der Waals surface area contributed by atoms with Crippen LogP contribution in [0.3, 0.4) is 0 Å². The quantitative estimate of drug-likeness (QED) is 0.0387. The molecule has 68 heavy (non-hydrogen) atoms. The van der Waals surface area contributed by atoms with Gasteiger partial charge in [-0.05, 0) is 175 Å². The van der Waals surface area contributed by atoms with Gasteiger partial charge in [-0.3, -0.25) is 0 Å². The number of hydrogen-bond donors (Lipinski definition) is 13. The van der Waals surface area contributed by atoms with E-state index >= 15 is 0 Å². The minimum Gasteiger partial charge on any atom is -0.508 e. The van der Waals surface area contributed by atoms with Crippen LogP contribution >= 0.6 is 0 Å². The highest BCUT2D eigenvalue weighted by molar-refractivity contribution is 5.83. The molecular formula is C48H54N6O14. The third-order valence-corrected chi connectivity index (χ3v) is 8.56. The van der Waals surface area contributed by atoms with Gasteiger partial charge in [0.2, 0.25) is 0 Å². The van der Waals surface area contributed by atoms with E-state index in [1.807, 2.05) is 6.92 Å². The first kappa shape index (κ1) is 56.6. The zero-order valence-corrected chi connectivity index (χ0v) is 37.5. The number of hydrogen-bond acceptors (Lipinski definition) is 20. The summed E-state index contributed by atoms with van der Waals surface area (Å²) in [6, 6.07) is 28.5. The third kappa shape index (κ3) is 21.3. The fourth-order valence-corrected chi connectivity index (χ4v) is 5.16. The van der Waals surface area contributed by atoms with Crippen LogP contribution in [-0.4, -0.2) is 111 Å². The first-order valence-corrected chi connectivity index (χ1v) is 19.6. The molecule has 13 N–H and O–H groups in total. The average molecular weight is 939 g/mol. The van der Waals surface area contributed by atoms with Gasteiger partial charge in [-0.2, -0.15) is 0 Å². The summed E-state index contributed by atoms with van der Waals surface area (Å²) in [4.78, 5) is 0. The molecule has 0 heterocycles. The van der Waals surface area contributed by atoms with E-state index in [1.54, 1.807) is 93.6 Å². The Balaban J connectivity index is 0.000000408. The summed E-state index contributed by atoms with van der Waals surface area (Å²) in [6.45, 7) is 7.34. The number of oxime groups is 6. The summed E-state index contributed by atoms with van der Waals surface area (Å²) in [5.74, 6) is 1.30. The first-order valence-electron chi connectivity index (χ1n) is 19.6. The molecule has 0 fully saturated rings. The van der Waals surface area contributed by atoms with Crippen molar-refractivity contribution in [2.24, 2.45) is 30.9 Å². The van der Waals surface area contributed by atoms with E-state index in [4.69, 9.17) is 56.4 Å². The molecule has 6 aromatic rings. The molecule has 0 saturated carbocycles. The first-order chi connectivity index (χ1) is 32.5. The maximum Gasteiger partial charge on any atom is 0.161 e. The second-order valence-electron chi connectivity index (χ2n) is 13.5.